The standard InChI is InChI=1S/C10H21NS/c1-4-9(5-2)10-11-7-6-8(3)12-10/h8-11H,4-7H2,1-3H3. The number of hydrogen-bond acceptors (Lipinski definition) is 2. The fraction of sp³-hybridized carbons (Fsp3) is 1.00. The van der Waals surface area contributed by atoms with Gasteiger partial charge in [-0.3, -0.25) is 0 Å². The maximum Gasteiger partial charge on any atom is 0.0563 e. The first kappa shape index (κ1) is 10.4. The Hall–Kier alpha value is 0.310. The zero-order valence-corrected chi connectivity index (χ0v) is 9.29. The maximum absolute atomic E-state index is 3.61. The molecule has 0 amide bonds. The molecule has 2 heteroatoms. The molecule has 0 bridgehead atoms. The number of nitrogens with one attached hydrogen (secondary N) is 1. The van der Waals surface area contributed by atoms with E-state index in [0.29, 0.717) is 0 Å². The highest BCUT2D eigenvalue weighted by atomic mass is 32.2. The van der Waals surface area contributed by atoms with Crippen LogP contribution in [0.2, 0.25) is 0 Å². The summed E-state index contributed by atoms with van der Waals surface area (Å²) in [6.07, 6.45) is 3.96. The van der Waals surface area contributed by atoms with Gasteiger partial charge in [0.05, 0.1) is 5.37 Å². The average molecular weight is 187 g/mol. The van der Waals surface area contributed by atoms with E-state index in [9.17, 15) is 0 Å². The summed E-state index contributed by atoms with van der Waals surface area (Å²) in [5.74, 6) is 0.873. The molecule has 1 aliphatic heterocycles. The normalized spacial score (nSPS) is 31.0. The summed E-state index contributed by atoms with van der Waals surface area (Å²) >= 11 is 2.13. The van der Waals surface area contributed by atoms with Crippen molar-refractivity contribution in [1.82, 2.24) is 5.32 Å². The molecule has 0 radical (unpaired) electrons. The van der Waals surface area contributed by atoms with E-state index in [2.05, 4.69) is 37.8 Å². The van der Waals surface area contributed by atoms with Crippen LogP contribution in [0, 0.1) is 5.92 Å². The van der Waals surface area contributed by atoms with Gasteiger partial charge in [-0.15, -0.1) is 11.8 Å². The molecule has 1 aliphatic rings. The predicted octanol–water partition coefficient (Wildman–Crippen LogP) is 2.86. The smallest absolute Gasteiger partial charge is 0.0563 e. The largest absolute Gasteiger partial charge is 0.305 e. The maximum atomic E-state index is 3.61. The Morgan fingerprint density at radius 3 is 2.58 bits per heavy atom. The van der Waals surface area contributed by atoms with Gasteiger partial charge in [0.15, 0.2) is 0 Å². The van der Waals surface area contributed by atoms with Crippen molar-refractivity contribution in [3.63, 3.8) is 0 Å². The molecule has 0 aromatic heterocycles. The van der Waals surface area contributed by atoms with Crippen LogP contribution in [0.4, 0.5) is 0 Å². The minimum Gasteiger partial charge on any atom is -0.305 e. The third-order valence-electron chi connectivity index (χ3n) is 2.75. The topological polar surface area (TPSA) is 12.0 Å². The van der Waals surface area contributed by atoms with Crippen molar-refractivity contribution in [3.8, 4) is 0 Å². The molecule has 0 aromatic carbocycles. The summed E-state index contributed by atoms with van der Waals surface area (Å²) in [5.41, 5.74) is 0. The van der Waals surface area contributed by atoms with Crippen LogP contribution in [0.15, 0.2) is 0 Å². The van der Waals surface area contributed by atoms with Crippen molar-refractivity contribution in [2.24, 2.45) is 5.92 Å². The molecular formula is C10H21NS. The quantitative estimate of drug-likeness (QED) is 0.729. The summed E-state index contributed by atoms with van der Waals surface area (Å²) in [5, 5.41) is 5.20. The Labute approximate surface area is 80.7 Å². The number of rotatable bonds is 3. The summed E-state index contributed by atoms with van der Waals surface area (Å²) in [6, 6.07) is 0. The van der Waals surface area contributed by atoms with Gasteiger partial charge in [-0.25, -0.2) is 0 Å². The molecular weight excluding hydrogens is 166 g/mol. The van der Waals surface area contributed by atoms with Crippen molar-refractivity contribution in [3.05, 3.63) is 0 Å². The summed E-state index contributed by atoms with van der Waals surface area (Å²) < 4.78 is 0. The van der Waals surface area contributed by atoms with Crippen LogP contribution in [-0.4, -0.2) is 17.2 Å². The van der Waals surface area contributed by atoms with Crippen LogP contribution < -0.4 is 5.32 Å². The highest BCUT2D eigenvalue weighted by molar-refractivity contribution is 8.00. The Bertz CT molecular complexity index is 123. The van der Waals surface area contributed by atoms with Crippen LogP contribution in [0.3, 0.4) is 0 Å². The lowest BCUT2D eigenvalue weighted by molar-refractivity contribution is 0.407. The van der Waals surface area contributed by atoms with Gasteiger partial charge in [0.25, 0.3) is 0 Å². The van der Waals surface area contributed by atoms with Crippen LogP contribution in [0.5, 0.6) is 0 Å². The molecule has 72 valence electrons. The first-order chi connectivity index (χ1) is 5.77. The van der Waals surface area contributed by atoms with Crippen molar-refractivity contribution < 1.29 is 0 Å². The van der Waals surface area contributed by atoms with Crippen molar-refractivity contribution in [2.45, 2.75) is 50.7 Å². The second-order valence-corrected chi connectivity index (χ2v) is 5.27. The van der Waals surface area contributed by atoms with Crippen LogP contribution >= 0.6 is 11.8 Å². The van der Waals surface area contributed by atoms with E-state index in [1.54, 1.807) is 0 Å². The third-order valence-corrected chi connectivity index (χ3v) is 4.30. The van der Waals surface area contributed by atoms with E-state index in [0.717, 1.165) is 16.5 Å². The van der Waals surface area contributed by atoms with E-state index in [-0.39, 0.29) is 0 Å². The van der Waals surface area contributed by atoms with Crippen LogP contribution in [-0.2, 0) is 0 Å². The van der Waals surface area contributed by atoms with E-state index < -0.39 is 0 Å². The summed E-state index contributed by atoms with van der Waals surface area (Å²) in [4.78, 5) is 0. The zero-order valence-electron chi connectivity index (χ0n) is 8.47. The Morgan fingerprint density at radius 1 is 1.42 bits per heavy atom. The predicted molar refractivity (Wildman–Crippen MR) is 57.5 cm³/mol. The lowest BCUT2D eigenvalue weighted by Crippen LogP contribution is -2.39. The van der Waals surface area contributed by atoms with Crippen molar-refractivity contribution in [1.29, 1.82) is 0 Å². The van der Waals surface area contributed by atoms with Gasteiger partial charge in [-0.05, 0) is 18.9 Å². The van der Waals surface area contributed by atoms with Gasteiger partial charge < -0.3 is 5.32 Å². The fourth-order valence-electron chi connectivity index (χ4n) is 1.79. The first-order valence-electron chi connectivity index (χ1n) is 5.16. The molecule has 0 aromatic rings. The second kappa shape index (κ2) is 5.13. The van der Waals surface area contributed by atoms with Gasteiger partial charge in [0, 0.05) is 5.25 Å². The van der Waals surface area contributed by atoms with Gasteiger partial charge in [-0.1, -0.05) is 33.6 Å². The molecule has 1 rings (SSSR count). The Morgan fingerprint density at radius 2 is 2.08 bits per heavy atom. The fourth-order valence-corrected chi connectivity index (χ4v) is 3.37. The van der Waals surface area contributed by atoms with Crippen molar-refractivity contribution >= 4 is 11.8 Å². The van der Waals surface area contributed by atoms with Crippen LogP contribution in [0.25, 0.3) is 0 Å². The molecule has 12 heavy (non-hydrogen) atoms. The van der Waals surface area contributed by atoms with Gasteiger partial charge in [-0.2, -0.15) is 0 Å². The minimum atomic E-state index is 0.726. The molecule has 1 fully saturated rings. The molecule has 0 aliphatic carbocycles. The van der Waals surface area contributed by atoms with E-state index in [4.69, 9.17) is 0 Å². The lowest BCUT2D eigenvalue weighted by atomic mass is 10.0. The molecule has 1 heterocycles. The van der Waals surface area contributed by atoms with Gasteiger partial charge in [0.1, 0.15) is 0 Å². The first-order valence-corrected chi connectivity index (χ1v) is 6.11. The lowest BCUT2D eigenvalue weighted by Gasteiger charge is -2.33. The van der Waals surface area contributed by atoms with Crippen molar-refractivity contribution in [2.75, 3.05) is 6.54 Å². The van der Waals surface area contributed by atoms with Gasteiger partial charge >= 0.3 is 0 Å². The molecule has 1 saturated heterocycles. The molecule has 0 saturated carbocycles. The Kier molecular flexibility index (Phi) is 4.44. The molecule has 1 N–H and O–H groups in total. The Balaban J connectivity index is 2.38. The summed E-state index contributed by atoms with van der Waals surface area (Å²) in [7, 11) is 0. The molecule has 1 nitrogen and oxygen atoms in total. The third kappa shape index (κ3) is 2.67. The molecule has 0 spiro atoms. The van der Waals surface area contributed by atoms with Gasteiger partial charge in [0.2, 0.25) is 0 Å². The van der Waals surface area contributed by atoms with E-state index in [1.165, 1.54) is 25.8 Å². The zero-order chi connectivity index (χ0) is 8.97. The number of hydrogen-bond donors (Lipinski definition) is 1. The average Bonchev–Trinajstić information content (AvgIpc) is 2.07. The monoisotopic (exact) mass is 187 g/mol. The highest BCUT2D eigenvalue weighted by Gasteiger charge is 2.24. The number of thioether (sulfide) groups is 1. The van der Waals surface area contributed by atoms with E-state index >= 15 is 0 Å². The highest BCUT2D eigenvalue weighted by Crippen LogP contribution is 2.30. The molecule has 2 unspecified atom stereocenters. The minimum absolute atomic E-state index is 0.726. The summed E-state index contributed by atoms with van der Waals surface area (Å²) in [6.45, 7) is 8.17. The van der Waals surface area contributed by atoms with E-state index in [1.807, 2.05) is 0 Å². The van der Waals surface area contributed by atoms with Crippen LogP contribution in [0.1, 0.15) is 40.0 Å². The second-order valence-electron chi connectivity index (χ2n) is 3.69. The molecule has 2 atom stereocenters. The SMILES string of the molecule is CCC(CC)C1NCCC(C)S1.